The Hall–Kier alpha value is -1.29. The van der Waals surface area contributed by atoms with Gasteiger partial charge in [0.25, 0.3) is 0 Å². The highest BCUT2D eigenvalue weighted by Crippen LogP contribution is 2.58. The number of amides is 1. The van der Waals surface area contributed by atoms with Gasteiger partial charge in [0, 0.05) is 13.1 Å². The lowest BCUT2D eigenvalue weighted by Gasteiger charge is -2.53. The van der Waals surface area contributed by atoms with E-state index in [0.29, 0.717) is 12.5 Å². The molecule has 164 valence electrons. The maximum atomic E-state index is 13.4. The van der Waals surface area contributed by atoms with E-state index in [2.05, 4.69) is 5.32 Å². The molecule has 4 nitrogen and oxygen atoms in total. The second-order valence-electron chi connectivity index (χ2n) is 11.0. The topological polar surface area (TPSA) is 41.6 Å². The second-order valence-corrected chi connectivity index (χ2v) is 11.0. The predicted molar refractivity (Wildman–Crippen MR) is 117 cm³/mol. The van der Waals surface area contributed by atoms with Crippen LogP contribution in [-0.4, -0.2) is 36.5 Å². The fourth-order valence-electron chi connectivity index (χ4n) is 8.69. The molecular formula is C26H38N2O2. The molecule has 30 heavy (non-hydrogen) atoms. The van der Waals surface area contributed by atoms with Gasteiger partial charge in [-0.25, -0.2) is 0 Å². The van der Waals surface area contributed by atoms with Gasteiger partial charge in [-0.3, -0.25) is 4.79 Å². The van der Waals surface area contributed by atoms with Crippen LogP contribution in [0.2, 0.25) is 0 Å². The lowest BCUT2D eigenvalue weighted by Crippen LogP contribution is -2.58. The van der Waals surface area contributed by atoms with Gasteiger partial charge in [0.05, 0.1) is 11.7 Å². The van der Waals surface area contributed by atoms with Gasteiger partial charge in [0.2, 0.25) is 5.91 Å². The van der Waals surface area contributed by atoms with Gasteiger partial charge < -0.3 is 15.0 Å². The van der Waals surface area contributed by atoms with E-state index in [1.807, 2.05) is 17.1 Å². The fraction of sp³-hybridized carbons (Fsp3) is 0.808. The second kappa shape index (κ2) is 8.00. The largest absolute Gasteiger partial charge is 0.495 e. The normalized spacial score (nSPS) is 45.8. The summed E-state index contributed by atoms with van der Waals surface area (Å²) >= 11 is 0. The van der Waals surface area contributed by atoms with E-state index in [0.717, 1.165) is 54.3 Å². The van der Waals surface area contributed by atoms with Gasteiger partial charge >= 0.3 is 0 Å². The van der Waals surface area contributed by atoms with Crippen LogP contribution in [0.4, 0.5) is 0 Å². The smallest absolute Gasteiger partial charge is 0.244 e. The molecule has 1 N–H and O–H groups in total. The van der Waals surface area contributed by atoms with Gasteiger partial charge in [0.15, 0.2) is 0 Å². The zero-order valence-corrected chi connectivity index (χ0v) is 18.3. The average Bonchev–Trinajstić information content (AvgIpc) is 3.28. The van der Waals surface area contributed by atoms with Crippen molar-refractivity contribution in [3.63, 3.8) is 0 Å². The summed E-state index contributed by atoms with van der Waals surface area (Å²) in [6.45, 7) is 2.25. The number of rotatable bonds is 2. The number of ether oxygens (including phenoxy) is 1. The van der Waals surface area contributed by atoms with Crippen LogP contribution in [0.3, 0.4) is 0 Å². The Morgan fingerprint density at radius 1 is 0.867 bits per heavy atom. The lowest BCUT2D eigenvalue weighted by molar-refractivity contribution is -0.136. The molecule has 0 bridgehead atoms. The summed E-state index contributed by atoms with van der Waals surface area (Å²) in [6.07, 6.45) is 20.1. The number of fused-ring (bicyclic) bond motifs is 5. The third kappa shape index (κ3) is 3.25. The summed E-state index contributed by atoms with van der Waals surface area (Å²) in [6, 6.07) is -0.000724. The van der Waals surface area contributed by atoms with Crippen LogP contribution < -0.4 is 5.32 Å². The molecule has 2 heterocycles. The third-order valence-electron chi connectivity index (χ3n) is 9.89. The first-order valence-electron chi connectivity index (χ1n) is 12.8. The molecule has 2 aliphatic heterocycles. The quantitative estimate of drug-likeness (QED) is 0.730. The summed E-state index contributed by atoms with van der Waals surface area (Å²) in [5.74, 6) is 6.78. The zero-order valence-electron chi connectivity index (χ0n) is 18.3. The summed E-state index contributed by atoms with van der Waals surface area (Å²) in [4.78, 5) is 15.3. The lowest BCUT2D eigenvalue weighted by atomic mass is 9.52. The van der Waals surface area contributed by atoms with Crippen molar-refractivity contribution in [3.8, 4) is 0 Å². The molecule has 0 spiro atoms. The number of allylic oxidation sites excluding steroid dienone is 1. The van der Waals surface area contributed by atoms with Crippen molar-refractivity contribution < 1.29 is 9.53 Å². The Labute approximate surface area is 181 Å². The molecule has 8 unspecified atom stereocenters. The van der Waals surface area contributed by atoms with E-state index in [1.54, 1.807) is 6.26 Å². The molecule has 0 aromatic carbocycles. The number of carbonyl (C=O) groups is 1. The number of hydrogen-bond acceptors (Lipinski definition) is 3. The first kappa shape index (κ1) is 19.4. The molecule has 8 atom stereocenters. The summed E-state index contributed by atoms with van der Waals surface area (Å²) < 4.78 is 5.45. The van der Waals surface area contributed by atoms with Crippen molar-refractivity contribution >= 4 is 5.91 Å². The number of carbonyl (C=O) groups excluding carboxylic acids is 1. The number of piperazine rings is 1. The maximum Gasteiger partial charge on any atom is 0.244 e. The van der Waals surface area contributed by atoms with Crippen LogP contribution in [0.25, 0.3) is 0 Å². The Morgan fingerprint density at radius 3 is 2.47 bits per heavy atom. The minimum absolute atomic E-state index is 0.000724. The van der Waals surface area contributed by atoms with Crippen molar-refractivity contribution in [2.45, 2.75) is 70.3 Å². The maximum absolute atomic E-state index is 13.4. The summed E-state index contributed by atoms with van der Waals surface area (Å²) in [7, 11) is 0. The van der Waals surface area contributed by atoms with E-state index in [4.69, 9.17) is 4.74 Å². The molecule has 6 aliphatic rings. The molecule has 4 aliphatic carbocycles. The Bertz CT molecular complexity index is 731. The number of hydrogen-bond donors (Lipinski definition) is 1. The van der Waals surface area contributed by atoms with Crippen LogP contribution in [-0.2, 0) is 9.53 Å². The van der Waals surface area contributed by atoms with Gasteiger partial charge in [-0.15, -0.1) is 0 Å². The van der Waals surface area contributed by atoms with Crippen molar-refractivity contribution in [3.05, 3.63) is 24.1 Å². The van der Waals surface area contributed by atoms with Crippen LogP contribution in [0.5, 0.6) is 0 Å². The molecule has 4 saturated carbocycles. The van der Waals surface area contributed by atoms with Crippen LogP contribution in [0.1, 0.15) is 64.2 Å². The fourth-order valence-corrected chi connectivity index (χ4v) is 8.69. The molecular weight excluding hydrogens is 372 g/mol. The highest BCUT2D eigenvalue weighted by molar-refractivity contribution is 5.85. The number of nitrogens with one attached hydrogen (secondary N) is 1. The van der Waals surface area contributed by atoms with Gasteiger partial charge in [-0.1, -0.05) is 12.8 Å². The first-order chi connectivity index (χ1) is 14.8. The predicted octanol–water partition coefficient (Wildman–Crippen LogP) is 4.48. The zero-order chi connectivity index (χ0) is 20.1. The molecule has 0 radical (unpaired) electrons. The highest BCUT2D eigenvalue weighted by Gasteiger charge is 2.50. The van der Waals surface area contributed by atoms with Crippen molar-refractivity contribution in [2.24, 2.45) is 41.4 Å². The third-order valence-corrected chi connectivity index (χ3v) is 9.89. The van der Waals surface area contributed by atoms with E-state index < -0.39 is 0 Å². The first-order valence-corrected chi connectivity index (χ1v) is 12.8. The minimum atomic E-state index is -0.000724. The van der Waals surface area contributed by atoms with Gasteiger partial charge in [0.1, 0.15) is 12.9 Å². The van der Waals surface area contributed by atoms with Gasteiger partial charge in [-0.2, -0.15) is 0 Å². The monoisotopic (exact) mass is 410 g/mol. The van der Waals surface area contributed by atoms with Crippen LogP contribution >= 0.6 is 0 Å². The SMILES string of the molecule is O=C1C(C2CCC3C(CCC4C5CCCC5CCC34)C2)NCCN1C1=COCC=C1. The van der Waals surface area contributed by atoms with Crippen molar-refractivity contribution in [1.82, 2.24) is 10.2 Å². The molecule has 5 fully saturated rings. The minimum Gasteiger partial charge on any atom is -0.495 e. The summed E-state index contributed by atoms with van der Waals surface area (Å²) in [5.41, 5.74) is 0.931. The molecule has 6 rings (SSSR count). The molecule has 0 aromatic heterocycles. The van der Waals surface area contributed by atoms with Crippen LogP contribution in [0.15, 0.2) is 24.1 Å². The molecule has 1 saturated heterocycles. The Kier molecular flexibility index (Phi) is 5.17. The van der Waals surface area contributed by atoms with E-state index in [1.165, 1.54) is 64.2 Å². The summed E-state index contributed by atoms with van der Waals surface area (Å²) in [5, 5.41) is 3.61. The molecule has 4 heteroatoms. The Balaban J connectivity index is 1.13. The molecule has 1 amide bonds. The molecule has 0 aromatic rings. The standard InChI is InChI=1S/C26H38N2O2/c29-26-25(27-12-13-28(26)20-4-2-14-30-16-20)19-8-9-22-18(15-19)7-11-23-21-5-1-3-17(21)6-10-24(22)23/h2,4,16-19,21-25,27H,1,3,5-15H2. The Morgan fingerprint density at radius 2 is 1.63 bits per heavy atom. The highest BCUT2D eigenvalue weighted by atomic mass is 16.5. The number of nitrogens with zero attached hydrogens (tertiary/aromatic N) is 1. The van der Waals surface area contributed by atoms with Gasteiger partial charge in [-0.05, 0) is 105 Å². The van der Waals surface area contributed by atoms with Crippen LogP contribution in [0, 0.1) is 41.4 Å². The van der Waals surface area contributed by atoms with Crippen molar-refractivity contribution in [2.75, 3.05) is 19.7 Å². The average molecular weight is 411 g/mol. The van der Waals surface area contributed by atoms with E-state index in [-0.39, 0.29) is 11.9 Å². The van der Waals surface area contributed by atoms with E-state index in [9.17, 15) is 4.79 Å². The van der Waals surface area contributed by atoms with E-state index >= 15 is 0 Å². The van der Waals surface area contributed by atoms with Crippen molar-refractivity contribution in [1.29, 1.82) is 0 Å².